The molecule has 0 spiro atoms. The van der Waals surface area contributed by atoms with Crippen LogP contribution < -0.4 is 0 Å². The molecule has 0 rings (SSSR count). The molecule has 0 amide bonds. The number of carboxylic acid groups (broad SMARTS) is 1. The fraction of sp³-hybridized carbons (Fsp3) is 0.875. The summed E-state index contributed by atoms with van der Waals surface area (Å²) < 4.78 is 4.85. The molecule has 0 aromatic carbocycles. The summed E-state index contributed by atoms with van der Waals surface area (Å²) in [6.07, 6.45) is 0.492. The molecule has 0 heterocycles. The van der Waals surface area contributed by atoms with Gasteiger partial charge in [-0.05, 0) is 27.4 Å². The van der Waals surface area contributed by atoms with Gasteiger partial charge >= 0.3 is 5.97 Å². The first-order valence-electron chi connectivity index (χ1n) is 3.85. The second kappa shape index (κ2) is 4.42. The maximum Gasteiger partial charge on any atom is 0.323 e. The lowest BCUT2D eigenvalue weighted by Crippen LogP contribution is -2.49. The summed E-state index contributed by atoms with van der Waals surface area (Å²) in [5.41, 5.74) is -0.823. The number of nitrogens with zero attached hydrogens (tertiary/aromatic N) is 1. The Labute approximate surface area is 73.1 Å². The summed E-state index contributed by atoms with van der Waals surface area (Å²) in [6.45, 7) is 2.15. The van der Waals surface area contributed by atoms with E-state index >= 15 is 0 Å². The van der Waals surface area contributed by atoms with E-state index in [-0.39, 0.29) is 0 Å². The Kier molecular flexibility index (Phi) is 4.20. The van der Waals surface area contributed by atoms with Crippen molar-refractivity contribution >= 4 is 5.97 Å². The van der Waals surface area contributed by atoms with Gasteiger partial charge in [-0.15, -0.1) is 0 Å². The number of ether oxygens (including phenoxy) is 1. The van der Waals surface area contributed by atoms with Crippen molar-refractivity contribution in [3.8, 4) is 0 Å². The van der Waals surface area contributed by atoms with Crippen molar-refractivity contribution in [1.29, 1.82) is 0 Å². The molecule has 12 heavy (non-hydrogen) atoms. The number of carboxylic acids is 1. The van der Waals surface area contributed by atoms with Gasteiger partial charge in [0.1, 0.15) is 5.54 Å². The molecule has 0 aliphatic carbocycles. The highest BCUT2D eigenvalue weighted by molar-refractivity contribution is 5.78. The molecule has 0 saturated carbocycles. The van der Waals surface area contributed by atoms with E-state index in [0.29, 0.717) is 13.0 Å². The number of hydrogen-bond acceptors (Lipinski definition) is 3. The number of rotatable bonds is 5. The van der Waals surface area contributed by atoms with Crippen LogP contribution in [0.25, 0.3) is 0 Å². The van der Waals surface area contributed by atoms with Crippen LogP contribution in [0.3, 0.4) is 0 Å². The topological polar surface area (TPSA) is 49.8 Å². The van der Waals surface area contributed by atoms with E-state index in [2.05, 4.69) is 0 Å². The predicted octanol–water partition coefficient (Wildman–Crippen LogP) is 0.428. The summed E-state index contributed by atoms with van der Waals surface area (Å²) >= 11 is 0. The Morgan fingerprint density at radius 2 is 2.08 bits per heavy atom. The van der Waals surface area contributed by atoms with Gasteiger partial charge in [-0.1, -0.05) is 0 Å². The normalized spacial score (nSPS) is 16.1. The molecule has 4 nitrogen and oxygen atoms in total. The zero-order chi connectivity index (χ0) is 9.78. The van der Waals surface area contributed by atoms with Crippen LogP contribution in [0.2, 0.25) is 0 Å². The quantitative estimate of drug-likeness (QED) is 0.658. The van der Waals surface area contributed by atoms with Crippen molar-refractivity contribution in [3.05, 3.63) is 0 Å². The lowest BCUT2D eigenvalue weighted by atomic mass is 9.97. The van der Waals surface area contributed by atoms with Crippen LogP contribution in [-0.4, -0.2) is 49.3 Å². The van der Waals surface area contributed by atoms with Gasteiger partial charge in [-0.3, -0.25) is 9.69 Å². The van der Waals surface area contributed by atoms with Crippen LogP contribution in [0.5, 0.6) is 0 Å². The van der Waals surface area contributed by atoms with E-state index in [4.69, 9.17) is 9.84 Å². The average Bonchev–Trinajstić information content (AvgIpc) is 1.99. The van der Waals surface area contributed by atoms with Gasteiger partial charge in [0.15, 0.2) is 0 Å². The van der Waals surface area contributed by atoms with E-state index < -0.39 is 11.5 Å². The van der Waals surface area contributed by atoms with Gasteiger partial charge in [0.05, 0.1) is 0 Å². The second-order valence-electron chi connectivity index (χ2n) is 3.22. The van der Waals surface area contributed by atoms with Crippen LogP contribution >= 0.6 is 0 Å². The van der Waals surface area contributed by atoms with Crippen molar-refractivity contribution in [2.24, 2.45) is 0 Å². The summed E-state index contributed by atoms with van der Waals surface area (Å²) in [7, 11) is 5.07. The Morgan fingerprint density at radius 3 is 2.33 bits per heavy atom. The number of likely N-dealkylation sites (N-methyl/N-ethyl adjacent to an activating group) is 1. The maximum atomic E-state index is 10.9. The molecular weight excluding hydrogens is 158 g/mol. The molecule has 72 valence electrons. The first-order chi connectivity index (χ1) is 5.45. The zero-order valence-electron chi connectivity index (χ0n) is 8.13. The molecular formula is C8H17NO3. The van der Waals surface area contributed by atoms with Gasteiger partial charge in [-0.25, -0.2) is 0 Å². The highest BCUT2D eigenvalue weighted by atomic mass is 16.5. The SMILES string of the molecule is COCCC(C)(C(=O)O)N(C)C. The highest BCUT2D eigenvalue weighted by Gasteiger charge is 2.34. The van der Waals surface area contributed by atoms with Crippen LogP contribution in [0.15, 0.2) is 0 Å². The van der Waals surface area contributed by atoms with Gasteiger partial charge in [0, 0.05) is 13.7 Å². The fourth-order valence-corrected chi connectivity index (χ4v) is 0.823. The summed E-state index contributed by atoms with van der Waals surface area (Å²) in [5.74, 6) is -0.815. The maximum absolute atomic E-state index is 10.9. The van der Waals surface area contributed by atoms with Gasteiger partial charge in [0.25, 0.3) is 0 Å². The minimum atomic E-state index is -0.823. The molecule has 0 aromatic rings. The van der Waals surface area contributed by atoms with Gasteiger partial charge < -0.3 is 9.84 Å². The third kappa shape index (κ3) is 2.46. The molecule has 0 bridgehead atoms. The summed E-state index contributed by atoms with van der Waals surface area (Å²) in [4.78, 5) is 12.6. The zero-order valence-corrected chi connectivity index (χ0v) is 8.13. The van der Waals surface area contributed by atoms with E-state index in [1.54, 1.807) is 33.0 Å². The van der Waals surface area contributed by atoms with E-state index in [9.17, 15) is 4.79 Å². The van der Waals surface area contributed by atoms with Crippen LogP contribution in [0, 0.1) is 0 Å². The largest absolute Gasteiger partial charge is 0.480 e. The molecule has 0 saturated heterocycles. The number of aliphatic carboxylic acids is 1. The molecule has 1 atom stereocenters. The van der Waals surface area contributed by atoms with Gasteiger partial charge in [-0.2, -0.15) is 0 Å². The smallest absolute Gasteiger partial charge is 0.323 e. The van der Waals surface area contributed by atoms with Crippen molar-refractivity contribution in [2.75, 3.05) is 27.8 Å². The lowest BCUT2D eigenvalue weighted by molar-refractivity contribution is -0.149. The van der Waals surface area contributed by atoms with Gasteiger partial charge in [0.2, 0.25) is 0 Å². The third-order valence-corrected chi connectivity index (χ3v) is 2.24. The van der Waals surface area contributed by atoms with E-state index in [0.717, 1.165) is 0 Å². The van der Waals surface area contributed by atoms with Crippen LogP contribution in [-0.2, 0) is 9.53 Å². The van der Waals surface area contributed by atoms with E-state index in [1.165, 1.54) is 0 Å². The lowest BCUT2D eigenvalue weighted by Gasteiger charge is -2.31. The van der Waals surface area contributed by atoms with Crippen molar-refractivity contribution in [2.45, 2.75) is 18.9 Å². The standard InChI is InChI=1S/C8H17NO3/c1-8(7(10)11,9(2)3)5-6-12-4/h5-6H2,1-4H3,(H,10,11). The summed E-state index contributed by atoms with van der Waals surface area (Å²) in [5, 5.41) is 8.93. The number of carbonyl (C=O) groups is 1. The minimum absolute atomic E-state index is 0.459. The third-order valence-electron chi connectivity index (χ3n) is 2.24. The monoisotopic (exact) mass is 175 g/mol. The first-order valence-corrected chi connectivity index (χ1v) is 3.85. The van der Waals surface area contributed by atoms with Crippen LogP contribution in [0.1, 0.15) is 13.3 Å². The average molecular weight is 175 g/mol. The first kappa shape index (κ1) is 11.4. The molecule has 0 aliphatic heterocycles. The number of hydrogen-bond donors (Lipinski definition) is 1. The van der Waals surface area contributed by atoms with Crippen LogP contribution in [0.4, 0.5) is 0 Å². The van der Waals surface area contributed by atoms with Crippen molar-refractivity contribution < 1.29 is 14.6 Å². The molecule has 4 heteroatoms. The number of methoxy groups -OCH3 is 1. The van der Waals surface area contributed by atoms with Crippen molar-refractivity contribution in [3.63, 3.8) is 0 Å². The van der Waals surface area contributed by atoms with Crippen molar-refractivity contribution in [1.82, 2.24) is 4.90 Å². The highest BCUT2D eigenvalue weighted by Crippen LogP contribution is 2.16. The minimum Gasteiger partial charge on any atom is -0.480 e. The predicted molar refractivity (Wildman–Crippen MR) is 46.2 cm³/mol. The Bertz CT molecular complexity index is 158. The molecule has 0 fully saturated rings. The molecule has 1 N–H and O–H groups in total. The molecule has 0 radical (unpaired) electrons. The molecule has 0 aliphatic rings. The summed E-state index contributed by atoms with van der Waals surface area (Å²) in [6, 6.07) is 0. The molecule has 0 aromatic heterocycles. The fourth-order valence-electron chi connectivity index (χ4n) is 0.823. The molecule has 1 unspecified atom stereocenters. The van der Waals surface area contributed by atoms with E-state index in [1.807, 2.05) is 0 Å². The Morgan fingerprint density at radius 1 is 1.58 bits per heavy atom. The second-order valence-corrected chi connectivity index (χ2v) is 3.22. The Hall–Kier alpha value is -0.610. The Balaban J connectivity index is 4.29.